The van der Waals surface area contributed by atoms with Crippen molar-refractivity contribution < 1.29 is 23.5 Å². The van der Waals surface area contributed by atoms with E-state index in [1.807, 2.05) is 0 Å². The number of quaternary nitrogens is 1. The summed E-state index contributed by atoms with van der Waals surface area (Å²) in [5.41, 5.74) is 0. The molecule has 0 saturated heterocycles. The van der Waals surface area contributed by atoms with Crippen LogP contribution in [0.2, 0.25) is 0 Å². The molecule has 0 aliphatic heterocycles. The molecular weight excluding hydrogens is 486 g/mol. The fourth-order valence-corrected chi connectivity index (χ4v) is 5.10. The molecule has 0 bridgehead atoms. The van der Waals surface area contributed by atoms with Crippen LogP contribution >= 0.6 is 0 Å². The molecule has 0 aromatic rings. The van der Waals surface area contributed by atoms with E-state index in [9.17, 15) is 9.59 Å². The monoisotopic (exact) mass is 555 g/mol. The van der Waals surface area contributed by atoms with Crippen molar-refractivity contribution in [3.8, 4) is 0 Å². The molecule has 0 saturated carbocycles. The minimum atomic E-state index is -0.383. The predicted octanol–water partition coefficient (Wildman–Crippen LogP) is 9.55. The Bertz CT molecular complexity index is 558. The Balaban J connectivity index is 3.93. The van der Waals surface area contributed by atoms with Gasteiger partial charge < -0.3 is 14.0 Å². The van der Waals surface area contributed by atoms with Gasteiger partial charge in [0.25, 0.3) is 0 Å². The number of nitrogens with zero attached hydrogens (tertiary/aromatic N) is 1. The van der Waals surface area contributed by atoms with E-state index in [1.165, 1.54) is 116 Å². The van der Waals surface area contributed by atoms with Crippen molar-refractivity contribution in [1.82, 2.24) is 0 Å². The van der Waals surface area contributed by atoms with Crippen molar-refractivity contribution in [2.24, 2.45) is 0 Å². The van der Waals surface area contributed by atoms with Gasteiger partial charge >= 0.3 is 11.9 Å². The van der Waals surface area contributed by atoms with E-state index < -0.39 is 0 Å². The summed E-state index contributed by atoms with van der Waals surface area (Å²) in [5, 5.41) is 0. The minimum Gasteiger partial charge on any atom is -0.461 e. The zero-order valence-corrected chi connectivity index (χ0v) is 27.0. The Kier molecular flexibility index (Phi) is 26.3. The molecule has 5 heteroatoms. The summed E-state index contributed by atoms with van der Waals surface area (Å²) in [6, 6.07) is 0. The van der Waals surface area contributed by atoms with Gasteiger partial charge in [0, 0.05) is 12.8 Å². The lowest BCUT2D eigenvalue weighted by atomic mass is 10.1. The van der Waals surface area contributed by atoms with Gasteiger partial charge in [-0.3, -0.25) is 9.59 Å². The first kappa shape index (κ1) is 37.9. The molecular formula is C34H68NO4+. The summed E-state index contributed by atoms with van der Waals surface area (Å²) >= 11 is 0. The van der Waals surface area contributed by atoms with Crippen molar-refractivity contribution in [2.45, 2.75) is 174 Å². The molecule has 1 unspecified atom stereocenters. The second-order valence-corrected chi connectivity index (χ2v) is 12.8. The van der Waals surface area contributed by atoms with E-state index in [-0.39, 0.29) is 24.6 Å². The number of ether oxygens (including phenoxy) is 2. The van der Waals surface area contributed by atoms with Gasteiger partial charge in [0.15, 0.2) is 6.10 Å². The summed E-state index contributed by atoms with van der Waals surface area (Å²) < 4.78 is 11.9. The fraction of sp³-hybridized carbons (Fsp3) is 0.941. The van der Waals surface area contributed by atoms with Crippen molar-refractivity contribution in [3.05, 3.63) is 0 Å². The molecule has 0 radical (unpaired) electrons. The summed E-state index contributed by atoms with van der Waals surface area (Å²) in [7, 11) is 6.20. The highest BCUT2D eigenvalue weighted by molar-refractivity contribution is 5.70. The highest BCUT2D eigenvalue weighted by Gasteiger charge is 2.23. The van der Waals surface area contributed by atoms with Crippen molar-refractivity contribution >= 4 is 11.9 Å². The van der Waals surface area contributed by atoms with Gasteiger partial charge in [-0.05, 0) is 12.8 Å². The summed E-state index contributed by atoms with van der Waals surface area (Å²) in [6.07, 6.45) is 28.3. The first-order valence-electron chi connectivity index (χ1n) is 16.9. The highest BCUT2D eigenvalue weighted by atomic mass is 16.6. The van der Waals surface area contributed by atoms with Gasteiger partial charge in [-0.1, -0.05) is 142 Å². The van der Waals surface area contributed by atoms with Gasteiger partial charge in [0.2, 0.25) is 0 Å². The quantitative estimate of drug-likeness (QED) is 0.0525. The zero-order chi connectivity index (χ0) is 29.0. The lowest BCUT2D eigenvalue weighted by Gasteiger charge is -2.28. The predicted molar refractivity (Wildman–Crippen MR) is 166 cm³/mol. The topological polar surface area (TPSA) is 52.6 Å². The van der Waals surface area contributed by atoms with E-state index in [1.54, 1.807) is 0 Å². The molecule has 0 spiro atoms. The van der Waals surface area contributed by atoms with E-state index in [0.29, 0.717) is 23.9 Å². The van der Waals surface area contributed by atoms with Crippen LogP contribution in [0.1, 0.15) is 168 Å². The van der Waals surface area contributed by atoms with Crippen molar-refractivity contribution in [2.75, 3.05) is 34.3 Å². The van der Waals surface area contributed by atoms with Gasteiger partial charge in [-0.15, -0.1) is 0 Å². The molecule has 0 fully saturated rings. The molecule has 0 aromatic carbocycles. The Morgan fingerprint density at radius 1 is 0.513 bits per heavy atom. The Morgan fingerprint density at radius 3 is 1.21 bits per heavy atom. The zero-order valence-electron chi connectivity index (χ0n) is 27.0. The molecule has 0 aliphatic carbocycles. The van der Waals surface area contributed by atoms with Crippen LogP contribution in [0.5, 0.6) is 0 Å². The van der Waals surface area contributed by atoms with Crippen molar-refractivity contribution in [1.29, 1.82) is 0 Å². The molecule has 1 atom stereocenters. The van der Waals surface area contributed by atoms with Crippen LogP contribution in [-0.4, -0.2) is 56.8 Å². The Hall–Kier alpha value is -1.10. The number of esters is 2. The summed E-state index contributed by atoms with van der Waals surface area (Å²) in [5.74, 6) is -0.329. The van der Waals surface area contributed by atoms with Crippen LogP contribution in [0.3, 0.4) is 0 Å². The van der Waals surface area contributed by atoms with Gasteiger partial charge in [-0.25, -0.2) is 0 Å². The standard InChI is InChI=1S/C34H68NO4/c1-6-8-10-12-14-16-18-20-22-24-26-28-33(36)38-31-32(30-35(3,4)5)39-34(37)29-27-25-23-21-19-17-15-13-11-9-7-2/h32H,6-31H2,1-5H3/q+1. The van der Waals surface area contributed by atoms with Crippen LogP contribution in [0.25, 0.3) is 0 Å². The van der Waals surface area contributed by atoms with Crippen molar-refractivity contribution in [3.63, 3.8) is 0 Å². The van der Waals surface area contributed by atoms with Crippen LogP contribution in [0.4, 0.5) is 0 Å². The van der Waals surface area contributed by atoms with Crippen LogP contribution in [0, 0.1) is 0 Å². The number of unbranched alkanes of at least 4 members (excludes halogenated alkanes) is 20. The SMILES string of the molecule is CCCCCCCCCCCCCC(=O)OCC(C[N+](C)(C)C)OC(=O)CCCCCCCCCCCCC. The number of hydrogen-bond acceptors (Lipinski definition) is 4. The first-order valence-corrected chi connectivity index (χ1v) is 16.9. The first-order chi connectivity index (χ1) is 18.8. The van der Waals surface area contributed by atoms with E-state index in [0.717, 1.165) is 25.7 Å². The number of likely N-dealkylation sites (N-methyl/N-ethyl adjacent to an activating group) is 1. The lowest BCUT2D eigenvalue weighted by Crippen LogP contribution is -2.45. The van der Waals surface area contributed by atoms with E-state index >= 15 is 0 Å². The fourth-order valence-electron chi connectivity index (χ4n) is 5.10. The maximum atomic E-state index is 12.5. The maximum Gasteiger partial charge on any atom is 0.306 e. The van der Waals surface area contributed by atoms with Crippen LogP contribution < -0.4 is 0 Å². The van der Waals surface area contributed by atoms with E-state index in [2.05, 4.69) is 35.0 Å². The van der Waals surface area contributed by atoms with Gasteiger partial charge in [0.1, 0.15) is 13.2 Å². The van der Waals surface area contributed by atoms with Gasteiger partial charge in [-0.2, -0.15) is 0 Å². The molecule has 0 N–H and O–H groups in total. The average molecular weight is 555 g/mol. The molecule has 232 valence electrons. The number of hydrogen-bond donors (Lipinski definition) is 0. The third-order valence-corrected chi connectivity index (χ3v) is 7.45. The normalized spacial score (nSPS) is 12.4. The third-order valence-electron chi connectivity index (χ3n) is 7.45. The number of carbonyl (C=O) groups is 2. The maximum absolute atomic E-state index is 12.5. The molecule has 0 amide bonds. The number of rotatable bonds is 29. The second kappa shape index (κ2) is 27.1. The smallest absolute Gasteiger partial charge is 0.306 e. The average Bonchev–Trinajstić information content (AvgIpc) is 2.88. The lowest BCUT2D eigenvalue weighted by molar-refractivity contribution is -0.873. The number of carbonyl (C=O) groups excluding carboxylic acids is 2. The van der Waals surface area contributed by atoms with Crippen LogP contribution in [0.15, 0.2) is 0 Å². The third kappa shape index (κ3) is 29.7. The van der Waals surface area contributed by atoms with Crippen LogP contribution in [-0.2, 0) is 19.1 Å². The minimum absolute atomic E-state index is 0.161. The largest absolute Gasteiger partial charge is 0.461 e. The molecule has 0 aromatic heterocycles. The Morgan fingerprint density at radius 2 is 0.846 bits per heavy atom. The molecule has 0 aliphatic rings. The molecule has 5 nitrogen and oxygen atoms in total. The molecule has 0 heterocycles. The highest BCUT2D eigenvalue weighted by Crippen LogP contribution is 2.14. The summed E-state index contributed by atoms with van der Waals surface area (Å²) in [6.45, 7) is 5.32. The second-order valence-electron chi connectivity index (χ2n) is 12.8. The molecule has 0 rings (SSSR count). The van der Waals surface area contributed by atoms with E-state index in [4.69, 9.17) is 9.47 Å². The summed E-state index contributed by atoms with van der Waals surface area (Å²) in [4.78, 5) is 24.7. The van der Waals surface area contributed by atoms with Gasteiger partial charge in [0.05, 0.1) is 21.1 Å². The molecule has 39 heavy (non-hydrogen) atoms. The Labute approximate surface area is 243 Å².